The summed E-state index contributed by atoms with van der Waals surface area (Å²) in [5, 5.41) is 0. The molecule has 0 aliphatic rings. The topological polar surface area (TPSA) is 94.1 Å². The predicted molar refractivity (Wildman–Crippen MR) is 286 cm³/mol. The number of phosphoric ester groups is 1. The van der Waals surface area contributed by atoms with Gasteiger partial charge in [0.25, 0.3) is 7.82 Å². The Hall–Kier alpha value is -3.88. The van der Waals surface area contributed by atoms with E-state index < -0.39 is 19.9 Å². The molecule has 376 valence electrons. The highest BCUT2D eigenvalue weighted by Crippen LogP contribution is 2.38. The van der Waals surface area contributed by atoms with Crippen molar-refractivity contribution in [2.75, 3.05) is 54.1 Å². The van der Waals surface area contributed by atoms with E-state index in [2.05, 4.69) is 160 Å². The van der Waals surface area contributed by atoms with Crippen molar-refractivity contribution in [2.45, 2.75) is 148 Å². The van der Waals surface area contributed by atoms with Gasteiger partial charge in [0.2, 0.25) is 0 Å². The maximum atomic E-state index is 12.7. The van der Waals surface area contributed by atoms with Crippen LogP contribution in [-0.4, -0.2) is 70.7 Å². The van der Waals surface area contributed by atoms with Crippen molar-refractivity contribution in [3.63, 3.8) is 0 Å². The number of quaternary nitrogens is 1. The summed E-state index contributed by atoms with van der Waals surface area (Å²) in [6, 6.07) is 0. The number of likely N-dealkylation sites (N-methyl/N-ethyl adjacent to an activating group) is 1. The number of rotatable bonds is 44. The monoisotopic (exact) mass is 946 g/mol. The number of hydrogen-bond acceptors (Lipinski definition) is 7. The number of allylic oxidation sites excluding steroid dienone is 26. The lowest BCUT2D eigenvalue weighted by Crippen LogP contribution is -2.37. The van der Waals surface area contributed by atoms with Gasteiger partial charge in [0.1, 0.15) is 19.3 Å². The molecule has 9 heteroatoms. The molecule has 0 aliphatic carbocycles. The Morgan fingerprint density at radius 1 is 0.463 bits per heavy atom. The summed E-state index contributed by atoms with van der Waals surface area (Å²) in [5.41, 5.74) is 0. The van der Waals surface area contributed by atoms with Crippen LogP contribution in [0.3, 0.4) is 0 Å². The van der Waals surface area contributed by atoms with Gasteiger partial charge in [-0.25, -0.2) is 0 Å². The average Bonchev–Trinajstić information content (AvgIpc) is 3.29. The quantitative estimate of drug-likeness (QED) is 0.0197. The van der Waals surface area contributed by atoms with E-state index in [4.69, 9.17) is 18.5 Å². The molecular formula is C58H92NO7P. The average molecular weight is 946 g/mol. The zero-order valence-electron chi connectivity index (χ0n) is 42.5. The largest absolute Gasteiger partial charge is 0.756 e. The van der Waals surface area contributed by atoms with E-state index in [9.17, 15) is 14.3 Å². The Kier molecular flexibility index (Phi) is 45.8. The Balaban J connectivity index is 4.37. The molecule has 0 aromatic rings. The Morgan fingerprint density at radius 2 is 0.821 bits per heavy atom. The smallest absolute Gasteiger partial charge is 0.306 e. The first-order valence-electron chi connectivity index (χ1n) is 25.2. The zero-order valence-corrected chi connectivity index (χ0v) is 43.4. The van der Waals surface area contributed by atoms with Crippen LogP contribution in [0.15, 0.2) is 158 Å². The van der Waals surface area contributed by atoms with Crippen LogP contribution in [0.1, 0.15) is 142 Å². The fraction of sp³-hybridized carbons (Fsp3) is 0.534. The number of carbonyl (C=O) groups excluding carboxylic acids is 1. The fourth-order valence-corrected chi connectivity index (χ4v) is 6.51. The van der Waals surface area contributed by atoms with Gasteiger partial charge in [-0.15, -0.1) is 0 Å². The van der Waals surface area contributed by atoms with Crippen molar-refractivity contribution in [3.05, 3.63) is 158 Å². The van der Waals surface area contributed by atoms with E-state index in [-0.39, 0.29) is 26.2 Å². The Labute approximate surface area is 410 Å². The summed E-state index contributed by atoms with van der Waals surface area (Å²) < 4.78 is 34.6. The summed E-state index contributed by atoms with van der Waals surface area (Å²) in [5.74, 6) is -0.433. The summed E-state index contributed by atoms with van der Waals surface area (Å²) >= 11 is 0. The van der Waals surface area contributed by atoms with Crippen molar-refractivity contribution in [3.8, 4) is 0 Å². The third-order valence-electron chi connectivity index (χ3n) is 9.59. The minimum atomic E-state index is -4.57. The number of carbonyl (C=O) groups is 1. The van der Waals surface area contributed by atoms with Gasteiger partial charge in [-0.2, -0.15) is 0 Å². The molecular weight excluding hydrogens is 854 g/mol. The number of phosphoric acid groups is 1. The molecule has 0 aromatic heterocycles. The molecule has 0 fully saturated rings. The van der Waals surface area contributed by atoms with Gasteiger partial charge < -0.3 is 27.9 Å². The third kappa shape index (κ3) is 52.9. The molecule has 0 amide bonds. The van der Waals surface area contributed by atoms with Crippen LogP contribution in [0.2, 0.25) is 0 Å². The lowest BCUT2D eigenvalue weighted by Gasteiger charge is -2.28. The molecule has 0 radical (unpaired) electrons. The highest BCUT2D eigenvalue weighted by atomic mass is 31.2. The van der Waals surface area contributed by atoms with Crippen LogP contribution < -0.4 is 4.89 Å². The second kappa shape index (κ2) is 48.6. The predicted octanol–water partition coefficient (Wildman–Crippen LogP) is 15.2. The van der Waals surface area contributed by atoms with Crippen LogP contribution in [0.25, 0.3) is 0 Å². The van der Waals surface area contributed by atoms with E-state index in [0.29, 0.717) is 24.1 Å². The lowest BCUT2D eigenvalue weighted by atomic mass is 10.1. The van der Waals surface area contributed by atoms with E-state index in [1.165, 1.54) is 0 Å². The minimum absolute atomic E-state index is 0.00352. The molecule has 0 rings (SSSR count). The van der Waals surface area contributed by atoms with Gasteiger partial charge in [0, 0.05) is 13.0 Å². The van der Waals surface area contributed by atoms with Gasteiger partial charge in [0.15, 0.2) is 0 Å². The van der Waals surface area contributed by atoms with Gasteiger partial charge >= 0.3 is 5.97 Å². The second-order valence-corrected chi connectivity index (χ2v) is 18.5. The van der Waals surface area contributed by atoms with Crippen molar-refractivity contribution in [1.82, 2.24) is 0 Å². The Morgan fingerprint density at radius 3 is 1.21 bits per heavy atom. The molecule has 0 saturated carbocycles. The van der Waals surface area contributed by atoms with Crippen LogP contribution in [0.5, 0.6) is 0 Å². The first kappa shape index (κ1) is 63.1. The second-order valence-electron chi connectivity index (χ2n) is 17.1. The SMILES string of the molecule is CC/C=C\C/C=C\C/C=C\C/C=C\C/C=C\C/C=C\C/C=C\CCCCCCOCC(COP(=O)([O-])OCC[N+](C)(C)C)OC(=O)CC/C=C\C/C=C\C/C=C\C/C=C\C/C=C\C/C=C\CC. The Bertz CT molecular complexity index is 1620. The molecule has 0 spiro atoms. The number of unbranched alkanes of at least 4 members (excludes halogenated alkanes) is 4. The number of esters is 1. The molecule has 67 heavy (non-hydrogen) atoms. The summed E-state index contributed by atoms with van der Waals surface area (Å²) in [4.78, 5) is 25.1. The number of hydrogen-bond donors (Lipinski definition) is 0. The molecule has 0 aliphatic heterocycles. The van der Waals surface area contributed by atoms with Crippen molar-refractivity contribution >= 4 is 13.8 Å². The molecule has 0 N–H and O–H groups in total. The van der Waals surface area contributed by atoms with Gasteiger partial charge in [-0.1, -0.05) is 185 Å². The fourth-order valence-electron chi connectivity index (χ4n) is 5.79. The summed E-state index contributed by atoms with van der Waals surface area (Å²) in [6.45, 7) is 4.96. The molecule has 0 bridgehead atoms. The molecule has 0 saturated heterocycles. The number of nitrogens with zero attached hydrogens (tertiary/aromatic N) is 1. The highest BCUT2D eigenvalue weighted by molar-refractivity contribution is 7.45. The van der Waals surface area contributed by atoms with Crippen molar-refractivity contribution in [2.24, 2.45) is 0 Å². The third-order valence-corrected chi connectivity index (χ3v) is 10.6. The van der Waals surface area contributed by atoms with Crippen LogP contribution >= 0.6 is 7.82 Å². The first-order valence-corrected chi connectivity index (χ1v) is 26.7. The standard InChI is InChI=1S/C58H92NO7P/c1-6-8-10-12-14-16-18-20-22-24-26-27-28-29-30-31-32-34-36-38-40-42-44-46-48-50-53-63-55-57(56-65-67(61,62)64-54-52-59(3,4)5)66-58(60)51-49-47-45-43-41-39-37-35-33-25-23-21-19-17-15-13-11-9-7-2/h8-11,14-17,20-23,26-27,29-30,32-35,38-41,45,47,57H,6-7,12-13,18-19,24-25,28,31,36-37,42-44,46,48-56H2,1-5H3/b10-8-,11-9-,16-14-,17-15-,22-20-,23-21-,27-26-,30-29-,34-32-,35-33-,40-38-,41-39-,47-45-. The highest BCUT2D eigenvalue weighted by Gasteiger charge is 2.20. The molecule has 2 atom stereocenters. The maximum Gasteiger partial charge on any atom is 0.306 e. The van der Waals surface area contributed by atoms with E-state index in [1.54, 1.807) is 0 Å². The molecule has 8 nitrogen and oxygen atoms in total. The van der Waals surface area contributed by atoms with Crippen molar-refractivity contribution in [1.29, 1.82) is 0 Å². The zero-order chi connectivity index (χ0) is 49.0. The van der Waals surface area contributed by atoms with Crippen LogP contribution in [-0.2, 0) is 27.9 Å². The van der Waals surface area contributed by atoms with E-state index in [0.717, 1.165) is 116 Å². The summed E-state index contributed by atoms with van der Waals surface area (Å²) in [6.07, 6.45) is 74.3. The molecule has 0 aromatic carbocycles. The van der Waals surface area contributed by atoms with Crippen molar-refractivity contribution < 1.29 is 37.3 Å². The molecule has 2 unspecified atom stereocenters. The van der Waals surface area contributed by atoms with Gasteiger partial charge in [-0.05, 0) is 109 Å². The minimum Gasteiger partial charge on any atom is -0.756 e. The lowest BCUT2D eigenvalue weighted by molar-refractivity contribution is -0.870. The van der Waals surface area contributed by atoms with Gasteiger partial charge in [0.05, 0.1) is 34.4 Å². The van der Waals surface area contributed by atoms with E-state index >= 15 is 0 Å². The normalized spacial score (nSPS) is 14.9. The van der Waals surface area contributed by atoms with Gasteiger partial charge in [-0.3, -0.25) is 9.36 Å². The van der Waals surface area contributed by atoms with Crippen LogP contribution in [0.4, 0.5) is 0 Å². The number of ether oxygens (including phenoxy) is 2. The van der Waals surface area contributed by atoms with Crippen LogP contribution in [0, 0.1) is 0 Å². The maximum absolute atomic E-state index is 12.7. The molecule has 0 heterocycles. The van der Waals surface area contributed by atoms with E-state index in [1.807, 2.05) is 33.3 Å². The first-order chi connectivity index (χ1) is 32.6. The summed E-state index contributed by atoms with van der Waals surface area (Å²) in [7, 11) is 1.26.